The highest BCUT2D eigenvalue weighted by Gasteiger charge is 2.13. The zero-order valence-electron chi connectivity index (χ0n) is 14.3. The van der Waals surface area contributed by atoms with Crippen molar-refractivity contribution >= 4 is 0 Å². The molecule has 0 aliphatic carbocycles. The molecule has 0 saturated carbocycles. The van der Waals surface area contributed by atoms with Crippen molar-refractivity contribution in [2.45, 2.75) is 76.5 Å². The number of nitrogens with two attached hydrogens (primary N) is 1. The van der Waals surface area contributed by atoms with Gasteiger partial charge in [-0.1, -0.05) is 63.3 Å². The number of aryl methyl sites for hydroxylation is 1. The van der Waals surface area contributed by atoms with Gasteiger partial charge in [0.15, 0.2) is 0 Å². The topological polar surface area (TPSA) is 86.7 Å². The molecule has 1 aromatic rings. The Morgan fingerprint density at radius 2 is 1.61 bits per heavy atom. The Morgan fingerprint density at radius 3 is 2.22 bits per heavy atom. The zero-order chi connectivity index (χ0) is 17.1. The van der Waals surface area contributed by atoms with E-state index in [9.17, 15) is 10.2 Å². The largest absolute Gasteiger partial charge is 0.395 e. The summed E-state index contributed by atoms with van der Waals surface area (Å²) in [6, 6.07) is 7.33. The molecule has 0 amide bonds. The molecule has 0 saturated heterocycles. The Hall–Kier alpha value is -0.940. The molecule has 0 spiro atoms. The summed E-state index contributed by atoms with van der Waals surface area (Å²) in [5.41, 5.74) is 7.65. The first kappa shape index (κ1) is 20.1. The normalized spacial score (nSPS) is 15.3. The van der Waals surface area contributed by atoms with Crippen molar-refractivity contribution in [3.8, 4) is 0 Å². The molecule has 0 aromatic heterocycles. The fraction of sp³-hybridized carbons (Fsp3) is 0.684. The maximum atomic E-state index is 10.2. The van der Waals surface area contributed by atoms with E-state index in [0.717, 1.165) is 24.0 Å². The van der Waals surface area contributed by atoms with Crippen LogP contribution in [-0.2, 0) is 6.42 Å². The molecule has 0 fully saturated rings. The Balaban J connectivity index is 2.34. The lowest BCUT2D eigenvalue weighted by atomic mass is 9.98. The molecule has 0 heterocycles. The highest BCUT2D eigenvalue weighted by Crippen LogP contribution is 2.21. The van der Waals surface area contributed by atoms with Crippen LogP contribution in [-0.4, -0.2) is 34.1 Å². The van der Waals surface area contributed by atoms with Gasteiger partial charge in [0.2, 0.25) is 0 Å². The summed E-state index contributed by atoms with van der Waals surface area (Å²) < 4.78 is 0. The van der Waals surface area contributed by atoms with Crippen LogP contribution in [0.25, 0.3) is 0 Å². The van der Waals surface area contributed by atoms with Gasteiger partial charge in [0.1, 0.15) is 0 Å². The van der Waals surface area contributed by atoms with E-state index in [4.69, 9.17) is 10.8 Å². The van der Waals surface area contributed by atoms with Crippen LogP contribution < -0.4 is 5.73 Å². The lowest BCUT2D eigenvalue weighted by Gasteiger charge is -2.16. The summed E-state index contributed by atoms with van der Waals surface area (Å²) in [4.78, 5) is 0. The minimum absolute atomic E-state index is 0.204. The van der Waals surface area contributed by atoms with Crippen LogP contribution in [0.5, 0.6) is 0 Å². The van der Waals surface area contributed by atoms with E-state index >= 15 is 0 Å². The van der Waals surface area contributed by atoms with Gasteiger partial charge in [-0.25, -0.2) is 0 Å². The second kappa shape index (κ2) is 11.6. The summed E-state index contributed by atoms with van der Waals surface area (Å²) >= 11 is 0. The predicted molar refractivity (Wildman–Crippen MR) is 94.2 cm³/mol. The van der Waals surface area contributed by atoms with Crippen molar-refractivity contribution in [2.24, 2.45) is 5.73 Å². The molecule has 3 unspecified atom stereocenters. The molecular weight excluding hydrogens is 290 g/mol. The Labute approximate surface area is 140 Å². The standard InChI is InChI=1S/C19H33NO3/c1-2-3-4-5-6-7-18(22)16-11-8-15(9-12-16)10-13-19(23)17(20)14-21/h8-9,11-12,17-19,21-23H,2-7,10,13-14,20H2,1H3. The van der Waals surface area contributed by atoms with Gasteiger partial charge in [-0.05, 0) is 30.4 Å². The quantitative estimate of drug-likeness (QED) is 0.445. The van der Waals surface area contributed by atoms with Gasteiger partial charge >= 0.3 is 0 Å². The molecule has 0 bridgehead atoms. The fourth-order valence-electron chi connectivity index (χ4n) is 2.66. The number of rotatable bonds is 12. The smallest absolute Gasteiger partial charge is 0.0790 e. The molecular formula is C19H33NO3. The molecule has 5 N–H and O–H groups in total. The van der Waals surface area contributed by atoms with Crippen LogP contribution in [0.4, 0.5) is 0 Å². The molecule has 4 nitrogen and oxygen atoms in total. The summed E-state index contributed by atoms with van der Waals surface area (Å²) in [5.74, 6) is 0. The van der Waals surface area contributed by atoms with Crippen molar-refractivity contribution in [3.63, 3.8) is 0 Å². The Morgan fingerprint density at radius 1 is 0.957 bits per heavy atom. The molecule has 3 atom stereocenters. The van der Waals surface area contributed by atoms with E-state index in [2.05, 4.69) is 6.92 Å². The second-order valence-electron chi connectivity index (χ2n) is 6.41. The first-order valence-electron chi connectivity index (χ1n) is 8.89. The number of unbranched alkanes of at least 4 members (excludes halogenated alkanes) is 4. The molecule has 4 heteroatoms. The maximum Gasteiger partial charge on any atom is 0.0790 e. The van der Waals surface area contributed by atoms with Crippen LogP contribution in [0.15, 0.2) is 24.3 Å². The van der Waals surface area contributed by atoms with E-state index < -0.39 is 12.1 Å². The van der Waals surface area contributed by atoms with Gasteiger partial charge in [0.05, 0.1) is 24.9 Å². The number of aliphatic hydroxyl groups is 3. The molecule has 0 radical (unpaired) electrons. The second-order valence-corrected chi connectivity index (χ2v) is 6.41. The summed E-state index contributed by atoms with van der Waals surface area (Å²) in [5, 5.41) is 28.9. The molecule has 132 valence electrons. The molecule has 0 aliphatic rings. The van der Waals surface area contributed by atoms with Crippen molar-refractivity contribution in [1.29, 1.82) is 0 Å². The van der Waals surface area contributed by atoms with Crippen molar-refractivity contribution in [3.05, 3.63) is 35.4 Å². The third kappa shape index (κ3) is 7.93. The Bertz CT molecular complexity index is 408. The lowest BCUT2D eigenvalue weighted by Crippen LogP contribution is -2.38. The molecule has 0 aliphatic heterocycles. The van der Waals surface area contributed by atoms with Crippen LogP contribution in [0.2, 0.25) is 0 Å². The van der Waals surface area contributed by atoms with E-state index in [-0.39, 0.29) is 12.7 Å². The van der Waals surface area contributed by atoms with E-state index in [0.29, 0.717) is 12.8 Å². The molecule has 23 heavy (non-hydrogen) atoms. The van der Waals surface area contributed by atoms with E-state index in [1.54, 1.807) is 0 Å². The van der Waals surface area contributed by atoms with Crippen LogP contribution in [0.3, 0.4) is 0 Å². The number of benzene rings is 1. The minimum atomic E-state index is -0.687. The zero-order valence-corrected chi connectivity index (χ0v) is 14.3. The third-order valence-electron chi connectivity index (χ3n) is 4.38. The third-order valence-corrected chi connectivity index (χ3v) is 4.38. The van der Waals surface area contributed by atoms with Crippen molar-refractivity contribution in [1.82, 2.24) is 0 Å². The monoisotopic (exact) mass is 323 g/mol. The van der Waals surface area contributed by atoms with Crippen molar-refractivity contribution in [2.75, 3.05) is 6.61 Å². The predicted octanol–water partition coefficient (Wildman–Crippen LogP) is 2.69. The first-order chi connectivity index (χ1) is 11.1. The van der Waals surface area contributed by atoms with Gasteiger partial charge in [-0.15, -0.1) is 0 Å². The van der Waals surface area contributed by atoms with Crippen LogP contribution >= 0.6 is 0 Å². The summed E-state index contributed by atoms with van der Waals surface area (Å²) in [6.45, 7) is 2.00. The minimum Gasteiger partial charge on any atom is -0.395 e. The number of aliphatic hydroxyl groups excluding tert-OH is 3. The lowest BCUT2D eigenvalue weighted by molar-refractivity contribution is 0.102. The average molecular weight is 323 g/mol. The fourth-order valence-corrected chi connectivity index (χ4v) is 2.66. The number of hydrogen-bond donors (Lipinski definition) is 4. The van der Waals surface area contributed by atoms with Gasteiger partial charge < -0.3 is 21.1 Å². The first-order valence-corrected chi connectivity index (χ1v) is 8.89. The Kier molecular flexibility index (Phi) is 10.1. The van der Waals surface area contributed by atoms with E-state index in [1.807, 2.05) is 24.3 Å². The average Bonchev–Trinajstić information content (AvgIpc) is 2.59. The SMILES string of the molecule is CCCCCCCC(O)c1ccc(CCC(O)C(N)CO)cc1. The van der Waals surface area contributed by atoms with Crippen LogP contribution in [0, 0.1) is 0 Å². The van der Waals surface area contributed by atoms with E-state index in [1.165, 1.54) is 25.7 Å². The highest BCUT2D eigenvalue weighted by atomic mass is 16.3. The van der Waals surface area contributed by atoms with Crippen molar-refractivity contribution < 1.29 is 15.3 Å². The van der Waals surface area contributed by atoms with Gasteiger partial charge in [0, 0.05) is 0 Å². The number of hydrogen-bond acceptors (Lipinski definition) is 4. The van der Waals surface area contributed by atoms with Crippen LogP contribution in [0.1, 0.15) is 69.1 Å². The van der Waals surface area contributed by atoms with Gasteiger partial charge in [-0.3, -0.25) is 0 Å². The van der Waals surface area contributed by atoms with Gasteiger partial charge in [0.25, 0.3) is 0 Å². The highest BCUT2D eigenvalue weighted by molar-refractivity contribution is 5.24. The van der Waals surface area contributed by atoms with Gasteiger partial charge in [-0.2, -0.15) is 0 Å². The molecule has 1 aromatic carbocycles. The summed E-state index contributed by atoms with van der Waals surface area (Å²) in [6.07, 6.45) is 6.99. The maximum absolute atomic E-state index is 10.2. The summed E-state index contributed by atoms with van der Waals surface area (Å²) in [7, 11) is 0. The molecule has 1 rings (SSSR count).